The Morgan fingerprint density at radius 3 is 2.44 bits per heavy atom. The van der Waals surface area contributed by atoms with Crippen LogP contribution in [0.4, 0.5) is 11.5 Å². The molecule has 1 aliphatic rings. The molecule has 0 bridgehead atoms. The van der Waals surface area contributed by atoms with Gasteiger partial charge in [0.2, 0.25) is 0 Å². The summed E-state index contributed by atoms with van der Waals surface area (Å²) in [6.45, 7) is 7.13. The molecule has 1 aliphatic heterocycles. The minimum Gasteiger partial charge on any atom is -0.369 e. The lowest BCUT2D eigenvalue weighted by molar-refractivity contribution is 0.313. The molecule has 2 aromatic rings. The van der Waals surface area contributed by atoms with E-state index in [-0.39, 0.29) is 0 Å². The first-order valence-corrected chi connectivity index (χ1v) is 9.01. The van der Waals surface area contributed by atoms with Crippen molar-refractivity contribution in [2.45, 2.75) is 13.5 Å². The van der Waals surface area contributed by atoms with Crippen LogP contribution in [0.1, 0.15) is 11.1 Å². The third-order valence-electron chi connectivity index (χ3n) is 4.41. The van der Waals surface area contributed by atoms with E-state index < -0.39 is 0 Å². The number of nitrogens with zero attached hydrogens (tertiary/aromatic N) is 3. The average molecular weight is 356 g/mol. The van der Waals surface area contributed by atoms with Crippen molar-refractivity contribution in [1.29, 1.82) is 0 Å². The number of aryl methyl sites for hydroxylation is 1. The highest BCUT2D eigenvalue weighted by atomic mass is 32.1. The number of pyridine rings is 1. The van der Waals surface area contributed by atoms with Crippen molar-refractivity contribution in [3.63, 3.8) is 0 Å². The van der Waals surface area contributed by atoms with Gasteiger partial charge in [0.05, 0.1) is 0 Å². The van der Waals surface area contributed by atoms with Crippen molar-refractivity contribution in [3.8, 4) is 0 Å². The van der Waals surface area contributed by atoms with E-state index in [2.05, 4.69) is 56.7 Å². The molecule has 1 aromatic carbocycles. The van der Waals surface area contributed by atoms with E-state index in [1.165, 1.54) is 11.3 Å². The lowest BCUT2D eigenvalue weighted by Gasteiger charge is -2.34. The van der Waals surface area contributed by atoms with Crippen LogP contribution in [-0.2, 0) is 6.54 Å². The van der Waals surface area contributed by atoms with Gasteiger partial charge < -0.3 is 20.4 Å². The Morgan fingerprint density at radius 1 is 1.08 bits per heavy atom. The number of nitrogens with one attached hydrogen (secondary N) is 2. The maximum atomic E-state index is 5.33. The predicted octanol–water partition coefficient (Wildman–Crippen LogP) is 2.63. The van der Waals surface area contributed by atoms with Crippen LogP contribution in [0.2, 0.25) is 0 Å². The Kier molecular flexibility index (Phi) is 5.83. The second-order valence-electron chi connectivity index (χ2n) is 6.49. The van der Waals surface area contributed by atoms with Crippen molar-refractivity contribution in [1.82, 2.24) is 15.2 Å². The van der Waals surface area contributed by atoms with Crippen molar-refractivity contribution in [3.05, 3.63) is 53.7 Å². The fourth-order valence-electron chi connectivity index (χ4n) is 2.77. The normalized spacial score (nSPS) is 15.0. The Bertz CT molecular complexity index is 691. The summed E-state index contributed by atoms with van der Waals surface area (Å²) in [6.07, 6.45) is 1.82. The molecule has 6 heteroatoms. The summed E-state index contributed by atoms with van der Waals surface area (Å²) in [7, 11) is 2.18. The maximum absolute atomic E-state index is 5.33. The van der Waals surface area contributed by atoms with Gasteiger partial charge in [0.15, 0.2) is 5.11 Å². The highest BCUT2D eigenvalue weighted by Crippen LogP contribution is 2.17. The third kappa shape index (κ3) is 5.14. The summed E-state index contributed by atoms with van der Waals surface area (Å²) < 4.78 is 0. The number of aromatic nitrogens is 1. The minimum absolute atomic E-state index is 0.583. The summed E-state index contributed by atoms with van der Waals surface area (Å²) in [5.41, 5.74) is 3.63. The van der Waals surface area contributed by atoms with Gasteiger partial charge in [0, 0.05) is 44.6 Å². The number of benzene rings is 1. The van der Waals surface area contributed by atoms with Crippen LogP contribution in [0.15, 0.2) is 42.6 Å². The Hall–Kier alpha value is -2.18. The van der Waals surface area contributed by atoms with Crippen molar-refractivity contribution in [2.24, 2.45) is 0 Å². The first-order chi connectivity index (χ1) is 12.1. The number of anilines is 2. The van der Waals surface area contributed by atoms with Gasteiger partial charge in [-0.05, 0) is 55.5 Å². The smallest absolute Gasteiger partial charge is 0.172 e. The highest BCUT2D eigenvalue weighted by molar-refractivity contribution is 7.80. The van der Waals surface area contributed by atoms with Gasteiger partial charge in [0.25, 0.3) is 0 Å². The molecule has 2 heterocycles. The SMILES string of the molecule is Cc1ccc(NC(=S)NCc2ccc(N3CCN(C)CC3)cc2)nc1. The molecule has 0 aliphatic carbocycles. The molecule has 1 saturated heterocycles. The quantitative estimate of drug-likeness (QED) is 0.822. The Morgan fingerprint density at radius 2 is 1.80 bits per heavy atom. The molecular weight excluding hydrogens is 330 g/mol. The molecule has 25 heavy (non-hydrogen) atoms. The van der Waals surface area contributed by atoms with Gasteiger partial charge in [0.1, 0.15) is 5.82 Å². The lowest BCUT2D eigenvalue weighted by Crippen LogP contribution is -2.44. The average Bonchev–Trinajstić information content (AvgIpc) is 2.63. The zero-order chi connectivity index (χ0) is 17.6. The van der Waals surface area contributed by atoms with Crippen molar-refractivity contribution < 1.29 is 0 Å². The van der Waals surface area contributed by atoms with Crippen LogP contribution < -0.4 is 15.5 Å². The first kappa shape index (κ1) is 17.6. The minimum atomic E-state index is 0.583. The van der Waals surface area contributed by atoms with Gasteiger partial charge in [-0.15, -0.1) is 0 Å². The predicted molar refractivity (Wildman–Crippen MR) is 108 cm³/mol. The summed E-state index contributed by atoms with van der Waals surface area (Å²) in [4.78, 5) is 9.10. The third-order valence-corrected chi connectivity index (χ3v) is 4.66. The standard InChI is InChI=1S/C19H25N5S/c1-15-3-8-18(20-13-15)22-19(25)21-14-16-4-6-17(7-5-16)24-11-9-23(2)10-12-24/h3-8,13H,9-12,14H2,1-2H3,(H2,20,21,22,25). The molecule has 0 amide bonds. The molecular formula is C19H25N5S. The summed E-state index contributed by atoms with van der Waals surface area (Å²) >= 11 is 5.33. The number of rotatable bonds is 4. The topological polar surface area (TPSA) is 43.4 Å². The van der Waals surface area contributed by atoms with Crippen LogP contribution in [0.25, 0.3) is 0 Å². The molecule has 0 radical (unpaired) electrons. The molecule has 2 N–H and O–H groups in total. The van der Waals surface area contributed by atoms with E-state index in [0.717, 1.165) is 37.6 Å². The van der Waals surface area contributed by atoms with Gasteiger partial charge in [-0.25, -0.2) is 4.98 Å². The van der Waals surface area contributed by atoms with Crippen molar-refractivity contribution >= 4 is 28.8 Å². The van der Waals surface area contributed by atoms with Crippen molar-refractivity contribution in [2.75, 3.05) is 43.4 Å². The second-order valence-corrected chi connectivity index (χ2v) is 6.89. The number of piperazine rings is 1. The van der Waals surface area contributed by atoms with E-state index >= 15 is 0 Å². The van der Waals surface area contributed by atoms with Crippen LogP contribution in [-0.4, -0.2) is 48.2 Å². The molecule has 0 saturated carbocycles. The van der Waals surface area contributed by atoms with Crippen LogP contribution >= 0.6 is 12.2 Å². The highest BCUT2D eigenvalue weighted by Gasteiger charge is 2.13. The summed E-state index contributed by atoms with van der Waals surface area (Å²) in [5, 5.41) is 6.91. The number of likely N-dealkylation sites (N-methyl/N-ethyl adjacent to an activating group) is 1. The van der Waals surface area contributed by atoms with Crippen LogP contribution in [0, 0.1) is 6.92 Å². The first-order valence-electron chi connectivity index (χ1n) is 8.60. The molecule has 0 unspecified atom stereocenters. The number of hydrogen-bond donors (Lipinski definition) is 2. The fraction of sp³-hybridized carbons (Fsp3) is 0.368. The summed E-state index contributed by atoms with van der Waals surface area (Å²) in [6, 6.07) is 12.6. The van der Waals surface area contributed by atoms with Gasteiger partial charge >= 0.3 is 0 Å². The molecule has 0 spiro atoms. The van der Waals surface area contributed by atoms with E-state index in [1.54, 1.807) is 0 Å². The van der Waals surface area contributed by atoms with E-state index in [4.69, 9.17) is 12.2 Å². The monoisotopic (exact) mass is 355 g/mol. The van der Waals surface area contributed by atoms with Crippen LogP contribution in [0.3, 0.4) is 0 Å². The molecule has 132 valence electrons. The second kappa shape index (κ2) is 8.27. The zero-order valence-electron chi connectivity index (χ0n) is 14.8. The molecule has 1 aromatic heterocycles. The van der Waals surface area contributed by atoms with E-state index in [0.29, 0.717) is 11.7 Å². The van der Waals surface area contributed by atoms with E-state index in [9.17, 15) is 0 Å². The Balaban J connectivity index is 1.48. The van der Waals surface area contributed by atoms with E-state index in [1.807, 2.05) is 25.3 Å². The lowest BCUT2D eigenvalue weighted by atomic mass is 10.2. The maximum Gasteiger partial charge on any atom is 0.172 e. The van der Waals surface area contributed by atoms with Gasteiger partial charge in [-0.1, -0.05) is 18.2 Å². The van der Waals surface area contributed by atoms with Gasteiger partial charge in [-0.3, -0.25) is 0 Å². The zero-order valence-corrected chi connectivity index (χ0v) is 15.6. The molecule has 3 rings (SSSR count). The van der Waals surface area contributed by atoms with Crippen LogP contribution in [0.5, 0.6) is 0 Å². The Labute approximate surface area is 155 Å². The van der Waals surface area contributed by atoms with Gasteiger partial charge in [-0.2, -0.15) is 0 Å². The molecule has 1 fully saturated rings. The molecule has 5 nitrogen and oxygen atoms in total. The number of thiocarbonyl (C=S) groups is 1. The number of hydrogen-bond acceptors (Lipinski definition) is 4. The molecule has 0 atom stereocenters. The fourth-order valence-corrected chi connectivity index (χ4v) is 2.95. The summed E-state index contributed by atoms with van der Waals surface area (Å²) in [5.74, 6) is 0.758. The largest absolute Gasteiger partial charge is 0.369 e.